The molecule has 0 saturated heterocycles. The highest BCUT2D eigenvalue weighted by Gasteiger charge is 2.54. The van der Waals surface area contributed by atoms with Gasteiger partial charge in [0.2, 0.25) is 0 Å². The Labute approximate surface area is 99.2 Å². The van der Waals surface area contributed by atoms with Crippen LogP contribution in [-0.2, 0) is 14.9 Å². The van der Waals surface area contributed by atoms with Crippen LogP contribution in [0.15, 0.2) is 18.2 Å². The smallest absolute Gasteiger partial charge is 0.335 e. The van der Waals surface area contributed by atoms with Crippen LogP contribution in [0.5, 0.6) is 0 Å². The molecule has 1 aromatic rings. The molecule has 2 rings (SSSR count). The lowest BCUT2D eigenvalue weighted by molar-refractivity contribution is -0.152. The second kappa shape index (κ2) is 4.11. The third kappa shape index (κ3) is 1.93. The molecule has 0 aliphatic heterocycles. The van der Waals surface area contributed by atoms with Crippen LogP contribution in [0.3, 0.4) is 0 Å². The molecular formula is C13H15FO3. The van der Waals surface area contributed by atoms with Gasteiger partial charge in [0.05, 0.1) is 7.11 Å². The van der Waals surface area contributed by atoms with E-state index < -0.39 is 17.5 Å². The molecule has 92 valence electrons. The number of esters is 1. The SMILES string of the molecule is COC(=O)C(O)C1(c2ccc(F)cc2C)CC1. The Morgan fingerprint density at radius 1 is 1.53 bits per heavy atom. The van der Waals surface area contributed by atoms with Gasteiger partial charge in [-0.1, -0.05) is 6.07 Å². The van der Waals surface area contributed by atoms with Crippen molar-refractivity contribution in [3.63, 3.8) is 0 Å². The van der Waals surface area contributed by atoms with Crippen molar-refractivity contribution < 1.29 is 19.0 Å². The Kier molecular flexibility index (Phi) is 2.91. The van der Waals surface area contributed by atoms with Gasteiger partial charge in [-0.15, -0.1) is 0 Å². The van der Waals surface area contributed by atoms with Gasteiger partial charge in [0.1, 0.15) is 5.82 Å². The summed E-state index contributed by atoms with van der Waals surface area (Å²) in [5, 5.41) is 9.99. The number of hydrogen-bond acceptors (Lipinski definition) is 3. The number of aliphatic hydroxyl groups is 1. The Bertz CT molecular complexity index is 452. The average Bonchev–Trinajstić information content (AvgIpc) is 3.08. The van der Waals surface area contributed by atoms with Crippen molar-refractivity contribution in [3.8, 4) is 0 Å². The topological polar surface area (TPSA) is 46.5 Å². The number of carbonyl (C=O) groups excluding carboxylic acids is 1. The molecule has 1 unspecified atom stereocenters. The summed E-state index contributed by atoms with van der Waals surface area (Å²) in [7, 11) is 1.25. The molecule has 0 bridgehead atoms. The maximum atomic E-state index is 13.0. The minimum atomic E-state index is -1.17. The first kappa shape index (κ1) is 12.0. The molecular weight excluding hydrogens is 223 g/mol. The molecule has 1 aliphatic carbocycles. The van der Waals surface area contributed by atoms with Gasteiger partial charge in [-0.2, -0.15) is 0 Å². The van der Waals surface area contributed by atoms with Crippen LogP contribution in [0.1, 0.15) is 24.0 Å². The highest BCUT2D eigenvalue weighted by molar-refractivity contribution is 5.77. The van der Waals surface area contributed by atoms with Gasteiger partial charge in [-0.3, -0.25) is 0 Å². The van der Waals surface area contributed by atoms with Gasteiger partial charge in [0, 0.05) is 5.41 Å². The maximum absolute atomic E-state index is 13.0. The minimum Gasteiger partial charge on any atom is -0.467 e. The van der Waals surface area contributed by atoms with Crippen molar-refractivity contribution in [2.24, 2.45) is 0 Å². The van der Waals surface area contributed by atoms with Crippen LogP contribution >= 0.6 is 0 Å². The number of hydrogen-bond donors (Lipinski definition) is 1. The zero-order valence-electron chi connectivity index (χ0n) is 9.87. The first-order valence-electron chi connectivity index (χ1n) is 5.54. The van der Waals surface area contributed by atoms with Crippen LogP contribution in [-0.4, -0.2) is 24.3 Å². The van der Waals surface area contributed by atoms with E-state index in [4.69, 9.17) is 0 Å². The number of ether oxygens (including phenoxy) is 1. The highest BCUT2D eigenvalue weighted by atomic mass is 19.1. The number of aryl methyl sites for hydroxylation is 1. The third-order valence-electron chi connectivity index (χ3n) is 3.46. The fraction of sp³-hybridized carbons (Fsp3) is 0.462. The van der Waals surface area contributed by atoms with Gasteiger partial charge >= 0.3 is 5.97 Å². The Hall–Kier alpha value is -1.42. The van der Waals surface area contributed by atoms with Gasteiger partial charge < -0.3 is 9.84 Å². The first-order chi connectivity index (χ1) is 8.01. The van der Waals surface area contributed by atoms with E-state index in [-0.39, 0.29) is 5.82 Å². The summed E-state index contributed by atoms with van der Waals surface area (Å²) in [6, 6.07) is 4.41. The van der Waals surface area contributed by atoms with Crippen molar-refractivity contribution >= 4 is 5.97 Å². The summed E-state index contributed by atoms with van der Waals surface area (Å²) >= 11 is 0. The van der Waals surface area contributed by atoms with Crippen molar-refractivity contribution in [1.82, 2.24) is 0 Å². The number of methoxy groups -OCH3 is 1. The minimum absolute atomic E-state index is 0.311. The summed E-state index contributed by atoms with van der Waals surface area (Å²) in [6.07, 6.45) is 0.266. The predicted molar refractivity (Wildman–Crippen MR) is 60.1 cm³/mol. The van der Waals surface area contributed by atoms with Crippen LogP contribution in [0.2, 0.25) is 0 Å². The van der Waals surface area contributed by atoms with E-state index in [2.05, 4.69) is 4.74 Å². The van der Waals surface area contributed by atoms with E-state index in [0.717, 1.165) is 24.0 Å². The number of benzene rings is 1. The van der Waals surface area contributed by atoms with Crippen molar-refractivity contribution in [2.45, 2.75) is 31.3 Å². The van der Waals surface area contributed by atoms with Crippen LogP contribution in [0.4, 0.5) is 4.39 Å². The first-order valence-corrected chi connectivity index (χ1v) is 5.54. The predicted octanol–water partition coefficient (Wildman–Crippen LogP) is 1.70. The van der Waals surface area contributed by atoms with E-state index >= 15 is 0 Å². The third-order valence-corrected chi connectivity index (χ3v) is 3.46. The molecule has 1 saturated carbocycles. The molecule has 1 N–H and O–H groups in total. The molecule has 1 aromatic carbocycles. The standard InChI is InChI=1S/C13H15FO3/c1-8-7-9(14)3-4-10(8)13(5-6-13)11(15)12(16)17-2/h3-4,7,11,15H,5-6H2,1-2H3. The number of aliphatic hydroxyl groups excluding tert-OH is 1. The molecule has 17 heavy (non-hydrogen) atoms. The van der Waals surface area contributed by atoms with E-state index in [1.807, 2.05) is 0 Å². The molecule has 3 nitrogen and oxygen atoms in total. The molecule has 0 spiro atoms. The highest BCUT2D eigenvalue weighted by Crippen LogP contribution is 2.52. The average molecular weight is 238 g/mol. The van der Waals surface area contributed by atoms with Gasteiger partial charge in [0.25, 0.3) is 0 Å². The van der Waals surface area contributed by atoms with Crippen molar-refractivity contribution in [2.75, 3.05) is 7.11 Å². The maximum Gasteiger partial charge on any atom is 0.335 e. The van der Waals surface area contributed by atoms with Gasteiger partial charge in [0.15, 0.2) is 6.10 Å². The second-order valence-corrected chi connectivity index (χ2v) is 4.54. The lowest BCUT2D eigenvalue weighted by Gasteiger charge is -2.22. The summed E-state index contributed by atoms with van der Waals surface area (Å²) < 4.78 is 17.6. The lowest BCUT2D eigenvalue weighted by Crippen LogP contribution is -2.35. The van der Waals surface area contributed by atoms with E-state index in [1.54, 1.807) is 13.0 Å². The monoisotopic (exact) mass is 238 g/mol. The van der Waals surface area contributed by atoms with Crippen LogP contribution < -0.4 is 0 Å². The Morgan fingerprint density at radius 2 is 2.18 bits per heavy atom. The van der Waals surface area contributed by atoms with Gasteiger partial charge in [-0.25, -0.2) is 9.18 Å². The van der Waals surface area contributed by atoms with E-state index in [9.17, 15) is 14.3 Å². The molecule has 1 aliphatic rings. The summed E-state index contributed by atoms with van der Waals surface area (Å²) in [5.74, 6) is -0.944. The summed E-state index contributed by atoms with van der Waals surface area (Å²) in [6.45, 7) is 1.78. The summed E-state index contributed by atoms with van der Waals surface area (Å²) in [5.41, 5.74) is 1.01. The second-order valence-electron chi connectivity index (χ2n) is 4.54. The lowest BCUT2D eigenvalue weighted by atomic mass is 9.87. The Morgan fingerprint density at radius 3 is 2.65 bits per heavy atom. The van der Waals surface area contributed by atoms with Crippen molar-refractivity contribution in [3.05, 3.63) is 35.1 Å². The zero-order chi connectivity index (χ0) is 12.6. The Balaban J connectivity index is 2.36. The number of halogens is 1. The van der Waals surface area contributed by atoms with E-state index in [1.165, 1.54) is 19.2 Å². The molecule has 0 radical (unpaired) electrons. The number of rotatable bonds is 3. The largest absolute Gasteiger partial charge is 0.467 e. The molecule has 0 amide bonds. The molecule has 1 fully saturated rings. The molecule has 1 atom stereocenters. The quantitative estimate of drug-likeness (QED) is 0.815. The summed E-state index contributed by atoms with van der Waals surface area (Å²) in [4.78, 5) is 11.4. The fourth-order valence-electron chi connectivity index (χ4n) is 2.35. The van der Waals surface area contributed by atoms with Crippen LogP contribution in [0, 0.1) is 12.7 Å². The van der Waals surface area contributed by atoms with Crippen molar-refractivity contribution in [1.29, 1.82) is 0 Å². The zero-order valence-corrected chi connectivity index (χ0v) is 9.87. The molecule has 4 heteroatoms. The molecule has 0 aromatic heterocycles. The normalized spacial score (nSPS) is 18.6. The number of carbonyl (C=O) groups is 1. The fourth-order valence-corrected chi connectivity index (χ4v) is 2.35. The van der Waals surface area contributed by atoms with Gasteiger partial charge in [-0.05, 0) is 43.0 Å². The molecule has 0 heterocycles. The van der Waals surface area contributed by atoms with Crippen LogP contribution in [0.25, 0.3) is 0 Å². The van der Waals surface area contributed by atoms with E-state index in [0.29, 0.717) is 0 Å².